The molecule has 0 aromatic heterocycles. The maximum absolute atomic E-state index is 13.4. The molecule has 3 aromatic rings. The molecule has 1 amide bonds. The molecule has 5 rings (SSSR count). The standard InChI is InChI=1S/C29H25N3O2S2/c1-4-18-32-27(33)26(28-31(2)24-19-23(34-3)16-17-25(24)35-28)36-29(32)30-22-14-12-21(13-15-22)11-10-20-8-6-5-7-9-20/h4-17,19H,1,18H2,2-3H3/b11-10-,28-26-,30-29?. The van der Waals surface area contributed by atoms with Gasteiger partial charge in [0.2, 0.25) is 0 Å². The van der Waals surface area contributed by atoms with Gasteiger partial charge in [0.25, 0.3) is 5.91 Å². The van der Waals surface area contributed by atoms with Crippen LogP contribution < -0.4 is 9.64 Å². The first-order chi connectivity index (χ1) is 17.6. The van der Waals surface area contributed by atoms with Gasteiger partial charge in [-0.2, -0.15) is 0 Å². The summed E-state index contributed by atoms with van der Waals surface area (Å²) < 4.78 is 5.38. The number of carbonyl (C=O) groups excluding carboxylic acids is 1. The van der Waals surface area contributed by atoms with Crippen LogP contribution in [0.3, 0.4) is 0 Å². The van der Waals surface area contributed by atoms with E-state index in [1.54, 1.807) is 29.8 Å². The molecule has 0 radical (unpaired) electrons. The maximum Gasteiger partial charge on any atom is 0.269 e. The van der Waals surface area contributed by atoms with Gasteiger partial charge in [-0.25, -0.2) is 4.99 Å². The average molecular weight is 512 g/mol. The molecule has 3 aromatic carbocycles. The predicted molar refractivity (Wildman–Crippen MR) is 153 cm³/mol. The number of aliphatic imine (C=N–C) groups is 1. The minimum absolute atomic E-state index is 0.0600. The minimum atomic E-state index is -0.0600. The summed E-state index contributed by atoms with van der Waals surface area (Å²) in [5.41, 5.74) is 4.05. The van der Waals surface area contributed by atoms with Crippen LogP contribution in [-0.2, 0) is 4.79 Å². The van der Waals surface area contributed by atoms with E-state index in [0.717, 1.165) is 38.2 Å². The molecule has 2 aliphatic heterocycles. The molecule has 0 aliphatic carbocycles. The summed E-state index contributed by atoms with van der Waals surface area (Å²) in [5.74, 6) is 0.727. The number of nitrogens with zero attached hydrogens (tertiary/aromatic N) is 3. The molecule has 36 heavy (non-hydrogen) atoms. The highest BCUT2D eigenvalue weighted by atomic mass is 32.2. The van der Waals surface area contributed by atoms with E-state index in [-0.39, 0.29) is 5.91 Å². The molecule has 7 heteroatoms. The molecule has 0 N–H and O–H groups in total. The number of amidine groups is 1. The fourth-order valence-electron chi connectivity index (χ4n) is 3.89. The molecule has 0 saturated carbocycles. The van der Waals surface area contributed by atoms with Crippen LogP contribution in [0.15, 0.2) is 105 Å². The Kier molecular flexibility index (Phi) is 7.02. The van der Waals surface area contributed by atoms with Crippen LogP contribution in [0.1, 0.15) is 11.1 Å². The number of hydrogen-bond donors (Lipinski definition) is 0. The summed E-state index contributed by atoms with van der Waals surface area (Å²) in [6.07, 6.45) is 5.89. The predicted octanol–water partition coefficient (Wildman–Crippen LogP) is 7.03. The second-order valence-electron chi connectivity index (χ2n) is 8.17. The number of thioether (sulfide) groups is 2. The van der Waals surface area contributed by atoms with Gasteiger partial charge < -0.3 is 9.64 Å². The van der Waals surface area contributed by atoms with Crippen molar-refractivity contribution in [3.63, 3.8) is 0 Å². The molecular weight excluding hydrogens is 486 g/mol. The second kappa shape index (κ2) is 10.5. The minimum Gasteiger partial charge on any atom is -0.497 e. The highest BCUT2D eigenvalue weighted by molar-refractivity contribution is 8.19. The van der Waals surface area contributed by atoms with Gasteiger partial charge in [-0.3, -0.25) is 9.69 Å². The normalized spacial score (nSPS) is 18.4. The van der Waals surface area contributed by atoms with Crippen molar-refractivity contribution in [3.8, 4) is 5.75 Å². The molecule has 180 valence electrons. The van der Waals surface area contributed by atoms with Crippen LogP contribution in [0, 0.1) is 0 Å². The average Bonchev–Trinajstić information content (AvgIpc) is 3.40. The van der Waals surface area contributed by atoms with Crippen molar-refractivity contribution in [1.82, 2.24) is 4.90 Å². The molecule has 1 saturated heterocycles. The lowest BCUT2D eigenvalue weighted by Crippen LogP contribution is -2.29. The zero-order valence-corrected chi connectivity index (χ0v) is 21.7. The molecule has 0 atom stereocenters. The molecule has 0 spiro atoms. The second-order valence-corrected chi connectivity index (χ2v) is 10.2. The van der Waals surface area contributed by atoms with E-state index < -0.39 is 0 Å². The Morgan fingerprint density at radius 2 is 1.69 bits per heavy atom. The van der Waals surface area contributed by atoms with E-state index in [9.17, 15) is 4.79 Å². The van der Waals surface area contributed by atoms with Crippen molar-refractivity contribution in [2.45, 2.75) is 4.90 Å². The number of hydrogen-bond acceptors (Lipinski definition) is 6. The first-order valence-corrected chi connectivity index (χ1v) is 13.1. The van der Waals surface area contributed by atoms with Crippen LogP contribution in [0.5, 0.6) is 5.75 Å². The van der Waals surface area contributed by atoms with E-state index in [4.69, 9.17) is 9.73 Å². The molecule has 1 fully saturated rings. The fourth-order valence-corrected chi connectivity index (χ4v) is 6.22. The Bertz CT molecular complexity index is 1400. The molecule has 5 nitrogen and oxygen atoms in total. The SMILES string of the molecule is C=CCN1C(=O)/C(=C2/Sc3ccc(OC)cc3N2C)SC1=Nc1ccc(/C=C\c2ccccc2)cc1. The van der Waals surface area contributed by atoms with Crippen molar-refractivity contribution < 1.29 is 9.53 Å². The van der Waals surface area contributed by atoms with Gasteiger partial charge in [0.1, 0.15) is 10.7 Å². The molecular formula is C29H25N3O2S2. The van der Waals surface area contributed by atoms with Gasteiger partial charge in [-0.05, 0) is 47.2 Å². The van der Waals surface area contributed by atoms with Gasteiger partial charge in [-0.1, -0.05) is 72.5 Å². The number of amides is 1. The fraction of sp³-hybridized carbons (Fsp3) is 0.103. The third kappa shape index (κ3) is 4.85. The summed E-state index contributed by atoms with van der Waals surface area (Å²) in [6.45, 7) is 4.23. The Hall–Kier alpha value is -3.68. The van der Waals surface area contributed by atoms with Gasteiger partial charge in [-0.15, -0.1) is 6.58 Å². The number of fused-ring (bicyclic) bond motifs is 1. The Balaban J connectivity index is 1.41. The highest BCUT2D eigenvalue weighted by Gasteiger charge is 2.38. The Morgan fingerprint density at radius 1 is 0.972 bits per heavy atom. The van der Waals surface area contributed by atoms with Crippen molar-refractivity contribution in [2.24, 2.45) is 4.99 Å². The van der Waals surface area contributed by atoms with E-state index >= 15 is 0 Å². The lowest BCUT2D eigenvalue weighted by atomic mass is 10.1. The lowest BCUT2D eigenvalue weighted by Gasteiger charge is -2.15. The molecule has 0 bridgehead atoms. The Labute approximate surface area is 219 Å². The monoisotopic (exact) mass is 511 g/mol. The summed E-state index contributed by atoms with van der Waals surface area (Å²) in [5, 5.41) is 1.55. The number of ether oxygens (including phenoxy) is 1. The van der Waals surface area contributed by atoms with Crippen molar-refractivity contribution in [1.29, 1.82) is 0 Å². The highest BCUT2D eigenvalue weighted by Crippen LogP contribution is 2.51. The van der Waals surface area contributed by atoms with Gasteiger partial charge in [0, 0.05) is 24.6 Å². The summed E-state index contributed by atoms with van der Waals surface area (Å²) in [7, 11) is 3.63. The number of methoxy groups -OCH3 is 1. The van der Waals surface area contributed by atoms with E-state index in [0.29, 0.717) is 16.6 Å². The van der Waals surface area contributed by atoms with Crippen molar-refractivity contribution in [3.05, 3.63) is 107 Å². The van der Waals surface area contributed by atoms with Gasteiger partial charge in [0.05, 0.1) is 23.5 Å². The third-order valence-corrected chi connectivity index (χ3v) is 8.23. The molecule has 0 unspecified atom stereocenters. The van der Waals surface area contributed by atoms with Crippen molar-refractivity contribution >= 4 is 58.1 Å². The van der Waals surface area contributed by atoms with E-state index in [1.807, 2.05) is 72.6 Å². The maximum atomic E-state index is 13.4. The topological polar surface area (TPSA) is 45.1 Å². The smallest absolute Gasteiger partial charge is 0.269 e. The van der Waals surface area contributed by atoms with Crippen LogP contribution >= 0.6 is 23.5 Å². The number of rotatable bonds is 6. The zero-order valence-electron chi connectivity index (χ0n) is 20.0. The first kappa shape index (κ1) is 24.0. The van der Waals surface area contributed by atoms with Crippen molar-refractivity contribution in [2.75, 3.05) is 25.6 Å². The van der Waals surface area contributed by atoms with Gasteiger partial charge >= 0.3 is 0 Å². The molecule has 2 heterocycles. The summed E-state index contributed by atoms with van der Waals surface area (Å²) in [4.78, 5) is 23.7. The van der Waals surface area contributed by atoms with E-state index in [1.165, 1.54) is 11.8 Å². The van der Waals surface area contributed by atoms with Gasteiger partial charge in [0.15, 0.2) is 5.17 Å². The first-order valence-electron chi connectivity index (χ1n) is 11.4. The summed E-state index contributed by atoms with van der Waals surface area (Å²) in [6, 6.07) is 24.1. The van der Waals surface area contributed by atoms with E-state index in [2.05, 4.69) is 30.9 Å². The summed E-state index contributed by atoms with van der Waals surface area (Å²) >= 11 is 3.00. The quantitative estimate of drug-likeness (QED) is 0.202. The number of anilines is 1. The van der Waals surface area contributed by atoms with Crippen LogP contribution in [0.4, 0.5) is 11.4 Å². The molecule has 2 aliphatic rings. The zero-order chi connectivity index (χ0) is 25.1. The van der Waals surface area contributed by atoms with Crippen LogP contribution in [0.2, 0.25) is 0 Å². The largest absolute Gasteiger partial charge is 0.497 e. The number of benzene rings is 3. The number of carbonyl (C=O) groups is 1. The van der Waals surface area contributed by atoms with Crippen LogP contribution in [-0.4, -0.2) is 36.7 Å². The Morgan fingerprint density at radius 3 is 2.39 bits per heavy atom. The third-order valence-electron chi connectivity index (χ3n) is 5.79. The lowest BCUT2D eigenvalue weighted by molar-refractivity contribution is -0.121. The van der Waals surface area contributed by atoms with Crippen LogP contribution in [0.25, 0.3) is 12.2 Å².